The molecule has 0 aliphatic carbocycles. The molecule has 0 fully saturated rings. The number of aldehydes is 1. The monoisotopic (exact) mass is 160 g/mol. The van der Waals surface area contributed by atoms with E-state index in [-0.39, 0.29) is 0 Å². The van der Waals surface area contributed by atoms with Gasteiger partial charge in [-0.15, -0.1) is 0 Å². The molecule has 1 rings (SSSR count). The second-order valence-electron chi connectivity index (χ2n) is 2.00. The first-order valence-electron chi connectivity index (χ1n) is 3.58. The highest BCUT2D eigenvalue weighted by molar-refractivity contribution is 5.74. The van der Waals surface area contributed by atoms with E-state index < -0.39 is 0 Å². The van der Waals surface area contributed by atoms with Crippen LogP contribution in [0.15, 0.2) is 55.6 Å². The van der Waals surface area contributed by atoms with E-state index in [0.717, 1.165) is 11.8 Å². The van der Waals surface area contributed by atoms with Gasteiger partial charge in [0.15, 0.2) is 0 Å². The van der Waals surface area contributed by atoms with Crippen molar-refractivity contribution < 1.29 is 4.79 Å². The third-order valence-corrected chi connectivity index (χ3v) is 1.10. The highest BCUT2D eigenvalue weighted by Gasteiger charge is 1.79. The Morgan fingerprint density at radius 3 is 1.75 bits per heavy atom. The van der Waals surface area contributed by atoms with Crippen LogP contribution >= 0.6 is 0 Å². The summed E-state index contributed by atoms with van der Waals surface area (Å²) in [5.41, 5.74) is 0.729. The molecule has 0 aromatic heterocycles. The van der Waals surface area contributed by atoms with Crippen LogP contribution in [0.4, 0.5) is 0 Å². The lowest BCUT2D eigenvalue weighted by atomic mass is 10.2. The van der Waals surface area contributed by atoms with Crippen molar-refractivity contribution in [2.75, 3.05) is 0 Å². The predicted molar refractivity (Wildman–Crippen MR) is 52.2 cm³/mol. The van der Waals surface area contributed by atoms with Crippen molar-refractivity contribution in [3.8, 4) is 0 Å². The molecule has 12 heavy (non-hydrogen) atoms. The van der Waals surface area contributed by atoms with Crippen LogP contribution in [0.2, 0.25) is 0 Å². The fourth-order valence-corrected chi connectivity index (χ4v) is 0.532. The summed E-state index contributed by atoms with van der Waals surface area (Å²) in [6.45, 7) is 6.72. The molecular weight excluding hydrogens is 148 g/mol. The zero-order valence-corrected chi connectivity index (χ0v) is 6.94. The minimum Gasteiger partial charge on any atom is -0.298 e. The van der Waals surface area contributed by atoms with Crippen LogP contribution in [0.3, 0.4) is 0 Å². The van der Waals surface area contributed by atoms with Gasteiger partial charge in [-0.3, -0.25) is 4.79 Å². The fourth-order valence-electron chi connectivity index (χ4n) is 0.532. The lowest BCUT2D eigenvalue weighted by Gasteiger charge is -1.81. The number of benzene rings is 1. The third-order valence-electron chi connectivity index (χ3n) is 1.10. The quantitative estimate of drug-likeness (QED) is 0.480. The molecular formula is C11H12O. The van der Waals surface area contributed by atoms with Gasteiger partial charge in [-0.2, -0.15) is 0 Å². The molecule has 0 spiro atoms. The summed E-state index contributed by atoms with van der Waals surface area (Å²) < 4.78 is 0. The molecule has 0 aliphatic heterocycles. The molecule has 1 aromatic carbocycles. The van der Waals surface area contributed by atoms with E-state index in [4.69, 9.17) is 0 Å². The van der Waals surface area contributed by atoms with E-state index in [1.165, 1.54) is 0 Å². The largest absolute Gasteiger partial charge is 0.298 e. The molecule has 0 N–H and O–H groups in total. The van der Waals surface area contributed by atoms with Gasteiger partial charge in [-0.05, 0) is 0 Å². The van der Waals surface area contributed by atoms with Gasteiger partial charge < -0.3 is 0 Å². The van der Waals surface area contributed by atoms with Gasteiger partial charge in [0, 0.05) is 5.56 Å². The van der Waals surface area contributed by atoms with Crippen molar-refractivity contribution in [1.82, 2.24) is 0 Å². The van der Waals surface area contributed by atoms with Crippen LogP contribution in [0, 0.1) is 0 Å². The molecule has 1 heteroatoms. The Morgan fingerprint density at radius 1 is 1.00 bits per heavy atom. The Kier molecular flexibility index (Phi) is 6.46. The average Bonchev–Trinajstić information content (AvgIpc) is 2.19. The van der Waals surface area contributed by atoms with E-state index in [0.29, 0.717) is 0 Å². The highest BCUT2D eigenvalue weighted by Crippen LogP contribution is 1.91. The van der Waals surface area contributed by atoms with E-state index in [1.54, 1.807) is 24.3 Å². The van der Waals surface area contributed by atoms with Crippen LogP contribution in [0.5, 0.6) is 0 Å². The summed E-state index contributed by atoms with van der Waals surface area (Å²) in [5, 5.41) is 0. The van der Waals surface area contributed by atoms with Crippen molar-refractivity contribution in [3.63, 3.8) is 0 Å². The van der Waals surface area contributed by atoms with Crippen molar-refractivity contribution in [3.05, 3.63) is 61.2 Å². The summed E-state index contributed by atoms with van der Waals surface area (Å²) in [7, 11) is 0. The van der Waals surface area contributed by atoms with Gasteiger partial charge in [0.25, 0.3) is 0 Å². The van der Waals surface area contributed by atoms with Gasteiger partial charge in [0.2, 0.25) is 0 Å². The molecule has 0 saturated carbocycles. The normalized spacial score (nSPS) is 7.33. The van der Waals surface area contributed by atoms with Crippen LogP contribution in [-0.4, -0.2) is 6.29 Å². The number of carbonyl (C=O) groups excluding carboxylic acids is 1. The number of allylic oxidation sites excluding steroid dienone is 2. The predicted octanol–water partition coefficient (Wildman–Crippen LogP) is 2.86. The van der Waals surface area contributed by atoms with Crippen molar-refractivity contribution >= 4 is 6.29 Å². The first-order chi connectivity index (χ1) is 5.85. The molecule has 0 radical (unpaired) electrons. The van der Waals surface area contributed by atoms with Crippen LogP contribution in [0.1, 0.15) is 10.4 Å². The zero-order valence-electron chi connectivity index (χ0n) is 6.94. The molecule has 0 saturated heterocycles. The number of hydrogen-bond donors (Lipinski definition) is 0. The standard InChI is InChI=1S/C7H6O.C4H6/c8-6-7-4-2-1-3-5-7;1-3-4-2/h1-6H;3-4H,1-2H2. The minimum atomic E-state index is 0.729. The first kappa shape index (κ1) is 10.4. The number of carbonyl (C=O) groups is 1. The van der Waals surface area contributed by atoms with Crippen molar-refractivity contribution in [2.24, 2.45) is 0 Å². The average molecular weight is 160 g/mol. The lowest BCUT2D eigenvalue weighted by molar-refractivity contribution is 0.112. The van der Waals surface area contributed by atoms with Crippen molar-refractivity contribution in [1.29, 1.82) is 0 Å². The van der Waals surface area contributed by atoms with Gasteiger partial charge in [-0.1, -0.05) is 55.6 Å². The summed E-state index contributed by atoms with van der Waals surface area (Å²) in [5.74, 6) is 0. The van der Waals surface area contributed by atoms with Gasteiger partial charge in [0.05, 0.1) is 0 Å². The highest BCUT2D eigenvalue weighted by atomic mass is 16.1. The Bertz CT molecular complexity index is 230. The Morgan fingerprint density at radius 2 is 1.50 bits per heavy atom. The lowest BCUT2D eigenvalue weighted by Crippen LogP contribution is -1.73. The summed E-state index contributed by atoms with van der Waals surface area (Å²) in [4.78, 5) is 10.0. The second kappa shape index (κ2) is 7.48. The second-order valence-corrected chi connectivity index (χ2v) is 2.00. The summed E-state index contributed by atoms with van der Waals surface area (Å²) in [6, 6.07) is 9.10. The molecule has 0 aliphatic rings. The molecule has 62 valence electrons. The minimum absolute atomic E-state index is 0.729. The van der Waals surface area contributed by atoms with E-state index in [2.05, 4.69) is 13.2 Å². The van der Waals surface area contributed by atoms with Gasteiger partial charge >= 0.3 is 0 Å². The van der Waals surface area contributed by atoms with Crippen LogP contribution in [-0.2, 0) is 0 Å². The maximum atomic E-state index is 10.0. The van der Waals surface area contributed by atoms with E-state index in [1.807, 2.05) is 18.2 Å². The number of hydrogen-bond acceptors (Lipinski definition) is 1. The molecule has 1 aromatic rings. The Hall–Kier alpha value is -1.63. The van der Waals surface area contributed by atoms with Crippen molar-refractivity contribution in [2.45, 2.75) is 0 Å². The molecule has 0 atom stereocenters. The zero-order chi connectivity index (χ0) is 9.23. The summed E-state index contributed by atoms with van der Waals surface area (Å²) in [6.07, 6.45) is 4.11. The van der Waals surface area contributed by atoms with Gasteiger partial charge in [0.1, 0.15) is 6.29 Å². The van der Waals surface area contributed by atoms with Crippen LogP contribution in [0.25, 0.3) is 0 Å². The molecule has 0 unspecified atom stereocenters. The Balaban J connectivity index is 0.000000261. The maximum absolute atomic E-state index is 10.0. The molecule has 0 heterocycles. The maximum Gasteiger partial charge on any atom is 0.150 e. The third kappa shape index (κ3) is 5.18. The van der Waals surface area contributed by atoms with Crippen LogP contribution < -0.4 is 0 Å². The number of rotatable bonds is 2. The van der Waals surface area contributed by atoms with Gasteiger partial charge in [-0.25, -0.2) is 0 Å². The Labute approximate surface area is 73.0 Å². The molecule has 1 nitrogen and oxygen atoms in total. The van der Waals surface area contributed by atoms with E-state index in [9.17, 15) is 4.79 Å². The molecule has 0 amide bonds. The first-order valence-corrected chi connectivity index (χ1v) is 3.58. The summed E-state index contributed by atoms with van der Waals surface area (Å²) >= 11 is 0. The SMILES string of the molecule is C=CC=C.O=Cc1ccccc1. The fraction of sp³-hybridized carbons (Fsp3) is 0. The smallest absolute Gasteiger partial charge is 0.150 e. The van der Waals surface area contributed by atoms with E-state index >= 15 is 0 Å². The topological polar surface area (TPSA) is 17.1 Å². The molecule has 0 bridgehead atoms.